The van der Waals surface area contributed by atoms with E-state index in [1.165, 1.54) is 13.1 Å². The van der Waals surface area contributed by atoms with Crippen LogP contribution in [0.15, 0.2) is 12.4 Å². The molecule has 1 unspecified atom stereocenters. The van der Waals surface area contributed by atoms with Crippen LogP contribution in [0.25, 0.3) is 0 Å². The second-order valence-electron chi connectivity index (χ2n) is 7.62. The lowest BCUT2D eigenvalue weighted by molar-refractivity contribution is 0.0576. The summed E-state index contributed by atoms with van der Waals surface area (Å²) in [6.45, 7) is 5.11. The standard InChI is InChI=1S/C17H26FN7O/c1-16(2,26)9-25-8-12(13(24-25)10-5-6-10)22-15-21-7-11(17(3,18)19)14(20-4)23-15/h7-8,10,26H,5-6,9,19H2,1-4H3,(H2,20,21,22,23). The number of halogens is 1. The lowest BCUT2D eigenvalue weighted by Gasteiger charge is -2.18. The van der Waals surface area contributed by atoms with E-state index in [1.54, 1.807) is 25.6 Å². The highest BCUT2D eigenvalue weighted by Gasteiger charge is 2.31. The van der Waals surface area contributed by atoms with E-state index in [-0.39, 0.29) is 5.56 Å². The zero-order valence-electron chi connectivity index (χ0n) is 15.5. The molecule has 1 aliphatic carbocycles. The Labute approximate surface area is 152 Å². The predicted molar refractivity (Wildman–Crippen MR) is 98.0 cm³/mol. The molecule has 2 heterocycles. The van der Waals surface area contributed by atoms with Gasteiger partial charge in [-0.15, -0.1) is 0 Å². The van der Waals surface area contributed by atoms with Crippen LogP contribution in [0.2, 0.25) is 0 Å². The molecule has 8 nitrogen and oxygen atoms in total. The number of aromatic nitrogens is 4. The van der Waals surface area contributed by atoms with Gasteiger partial charge < -0.3 is 15.7 Å². The second-order valence-corrected chi connectivity index (χ2v) is 7.62. The van der Waals surface area contributed by atoms with E-state index >= 15 is 0 Å². The number of hydrogen-bond donors (Lipinski definition) is 4. The predicted octanol–water partition coefficient (Wildman–Crippen LogP) is 2.21. The van der Waals surface area contributed by atoms with Crippen molar-refractivity contribution in [3.05, 3.63) is 23.7 Å². The SMILES string of the molecule is CNc1nc(Nc2cn(CC(C)(C)O)nc2C2CC2)ncc1C(C)(N)F. The molecular formula is C17H26FN7O. The maximum absolute atomic E-state index is 14.1. The number of nitrogens with zero attached hydrogens (tertiary/aromatic N) is 4. The molecule has 0 bridgehead atoms. The number of rotatable bonds is 7. The smallest absolute Gasteiger partial charge is 0.229 e. The Balaban J connectivity index is 1.88. The summed E-state index contributed by atoms with van der Waals surface area (Å²) >= 11 is 0. The fraction of sp³-hybridized carbons (Fsp3) is 0.588. The highest BCUT2D eigenvalue weighted by atomic mass is 19.1. The molecule has 5 N–H and O–H groups in total. The molecule has 0 aliphatic heterocycles. The van der Waals surface area contributed by atoms with Crippen LogP contribution in [-0.2, 0) is 12.3 Å². The Kier molecular flexibility index (Phi) is 4.61. The van der Waals surface area contributed by atoms with Gasteiger partial charge in [0.2, 0.25) is 5.95 Å². The summed E-state index contributed by atoms with van der Waals surface area (Å²) in [5.74, 6) is -0.978. The van der Waals surface area contributed by atoms with Gasteiger partial charge in [-0.2, -0.15) is 10.1 Å². The van der Waals surface area contributed by atoms with Crippen molar-refractivity contribution < 1.29 is 9.50 Å². The van der Waals surface area contributed by atoms with Gasteiger partial charge in [-0.25, -0.2) is 9.37 Å². The Morgan fingerprint density at radius 2 is 2.08 bits per heavy atom. The first kappa shape index (κ1) is 18.5. The zero-order valence-corrected chi connectivity index (χ0v) is 15.5. The molecule has 3 rings (SSSR count). The Morgan fingerprint density at radius 3 is 2.62 bits per heavy atom. The highest BCUT2D eigenvalue weighted by Crippen LogP contribution is 2.43. The molecule has 1 fully saturated rings. The van der Waals surface area contributed by atoms with E-state index in [9.17, 15) is 9.50 Å². The van der Waals surface area contributed by atoms with Crippen molar-refractivity contribution in [2.45, 2.75) is 57.5 Å². The number of nitrogens with two attached hydrogens (primary N) is 1. The molecule has 9 heteroatoms. The molecule has 0 aromatic carbocycles. The quantitative estimate of drug-likeness (QED) is 0.558. The van der Waals surface area contributed by atoms with E-state index in [2.05, 4.69) is 25.7 Å². The van der Waals surface area contributed by atoms with Gasteiger partial charge in [0.1, 0.15) is 5.82 Å². The van der Waals surface area contributed by atoms with Gasteiger partial charge in [-0.3, -0.25) is 10.4 Å². The van der Waals surface area contributed by atoms with Crippen LogP contribution in [0.3, 0.4) is 0 Å². The molecule has 1 saturated carbocycles. The molecule has 2 aromatic rings. The Bertz CT molecular complexity index is 787. The van der Waals surface area contributed by atoms with Crippen LogP contribution in [0.4, 0.5) is 21.8 Å². The van der Waals surface area contributed by atoms with Gasteiger partial charge in [-0.05, 0) is 33.6 Å². The van der Waals surface area contributed by atoms with E-state index in [1.807, 2.05) is 6.20 Å². The number of hydrogen-bond acceptors (Lipinski definition) is 7. The molecule has 2 aromatic heterocycles. The monoisotopic (exact) mass is 363 g/mol. The number of anilines is 3. The summed E-state index contributed by atoms with van der Waals surface area (Å²) in [7, 11) is 1.65. The van der Waals surface area contributed by atoms with Crippen LogP contribution >= 0.6 is 0 Å². The Hall–Kier alpha value is -2.26. The molecule has 0 saturated heterocycles. The molecule has 26 heavy (non-hydrogen) atoms. The minimum atomic E-state index is -2.03. The summed E-state index contributed by atoms with van der Waals surface area (Å²) in [5.41, 5.74) is 6.57. The van der Waals surface area contributed by atoms with Crippen molar-refractivity contribution in [1.29, 1.82) is 0 Å². The van der Waals surface area contributed by atoms with Gasteiger partial charge in [0, 0.05) is 25.4 Å². The summed E-state index contributed by atoms with van der Waals surface area (Å²) in [6.07, 6.45) is 5.38. The van der Waals surface area contributed by atoms with E-state index in [4.69, 9.17) is 5.73 Å². The average Bonchev–Trinajstić information content (AvgIpc) is 3.28. The van der Waals surface area contributed by atoms with Crippen LogP contribution < -0.4 is 16.4 Å². The third-order valence-electron chi connectivity index (χ3n) is 4.10. The normalized spacial score (nSPS) is 17.0. The first-order valence-corrected chi connectivity index (χ1v) is 8.66. The second kappa shape index (κ2) is 6.48. The van der Waals surface area contributed by atoms with Crippen molar-refractivity contribution in [3.63, 3.8) is 0 Å². The first-order valence-electron chi connectivity index (χ1n) is 8.66. The van der Waals surface area contributed by atoms with Crippen molar-refractivity contribution >= 4 is 17.5 Å². The summed E-state index contributed by atoms with van der Waals surface area (Å²) < 4.78 is 15.8. The average molecular weight is 363 g/mol. The van der Waals surface area contributed by atoms with Gasteiger partial charge in [0.25, 0.3) is 0 Å². The van der Waals surface area contributed by atoms with Crippen molar-refractivity contribution in [1.82, 2.24) is 19.7 Å². The van der Waals surface area contributed by atoms with Crippen LogP contribution in [0.1, 0.15) is 50.8 Å². The van der Waals surface area contributed by atoms with Gasteiger partial charge in [0.15, 0.2) is 5.79 Å². The summed E-state index contributed by atoms with van der Waals surface area (Å²) in [4.78, 5) is 8.50. The lowest BCUT2D eigenvalue weighted by Crippen LogP contribution is -2.28. The summed E-state index contributed by atoms with van der Waals surface area (Å²) in [6, 6.07) is 0. The molecule has 0 radical (unpaired) electrons. The molecule has 0 spiro atoms. The number of aliphatic hydroxyl groups is 1. The molecule has 142 valence electrons. The highest BCUT2D eigenvalue weighted by molar-refractivity contribution is 5.59. The third-order valence-corrected chi connectivity index (χ3v) is 4.10. The zero-order chi connectivity index (χ0) is 19.1. The van der Waals surface area contributed by atoms with Crippen molar-refractivity contribution in [2.24, 2.45) is 5.73 Å². The van der Waals surface area contributed by atoms with Crippen LogP contribution in [-0.4, -0.2) is 37.5 Å². The van der Waals surface area contributed by atoms with Gasteiger partial charge in [-0.1, -0.05) is 0 Å². The number of alkyl halides is 1. The maximum atomic E-state index is 14.1. The lowest BCUT2D eigenvalue weighted by atomic mass is 10.1. The first-order chi connectivity index (χ1) is 12.1. The van der Waals surface area contributed by atoms with Crippen LogP contribution in [0.5, 0.6) is 0 Å². The van der Waals surface area contributed by atoms with E-state index < -0.39 is 11.4 Å². The van der Waals surface area contributed by atoms with Gasteiger partial charge in [0.05, 0.1) is 29.1 Å². The fourth-order valence-electron chi connectivity index (χ4n) is 2.78. The Morgan fingerprint density at radius 1 is 1.38 bits per heavy atom. The number of nitrogens with one attached hydrogen (secondary N) is 2. The largest absolute Gasteiger partial charge is 0.389 e. The van der Waals surface area contributed by atoms with E-state index in [0.29, 0.717) is 24.2 Å². The van der Waals surface area contributed by atoms with E-state index in [0.717, 1.165) is 24.2 Å². The third kappa shape index (κ3) is 4.28. The molecule has 1 atom stereocenters. The van der Waals surface area contributed by atoms with Crippen LogP contribution in [0, 0.1) is 0 Å². The topological polar surface area (TPSA) is 114 Å². The molecular weight excluding hydrogens is 337 g/mol. The maximum Gasteiger partial charge on any atom is 0.229 e. The van der Waals surface area contributed by atoms with Crippen molar-refractivity contribution in [3.8, 4) is 0 Å². The fourth-order valence-corrected chi connectivity index (χ4v) is 2.78. The van der Waals surface area contributed by atoms with Crippen molar-refractivity contribution in [2.75, 3.05) is 17.7 Å². The molecule has 0 amide bonds. The van der Waals surface area contributed by atoms with Gasteiger partial charge >= 0.3 is 0 Å². The summed E-state index contributed by atoms with van der Waals surface area (Å²) in [5, 5.41) is 20.6. The minimum absolute atomic E-state index is 0.186. The minimum Gasteiger partial charge on any atom is -0.389 e. The molecule has 1 aliphatic rings.